The SMILES string of the molecule is CC(=O)N[C@H]1[C@H](OCCOCCn2cc(CN(CCCC[C@@H](C(=O)O)N(Cc3cn(CCOCCOC4O[C@H](COC(C)=O)[C@H](OC(C)=O)[C@H](OC(C)=O)[C@H]4NC(C)=O)nn3)Cc3cn(CCOCCO[C@@H]4O[C@H](COC(C)=O)[C@H](OC(C)=O)[C@H](OC(C)=O)[C@H]4NC(C)=O)nn3)Cc3cn(CCOCCO[C@@H]4O[C@H](COC(C)=O)[C@H](OC(C)=O)[C@H](OC(C)=O)[C@H]4NC(C)=O)nn3)nn2)O[C@H](COC(C)=O)[C@H](OC(C)=O)[C@@H]1OC(C)=O. The first-order chi connectivity index (χ1) is 71.3. The zero-order chi connectivity index (χ0) is 110. The number of unbranched alkanes of at least 4 members (excludes halogenated alkanes) is 1. The summed E-state index contributed by atoms with van der Waals surface area (Å²) in [5.41, 5.74) is 1.61. The summed E-state index contributed by atoms with van der Waals surface area (Å²) in [6, 6.07) is -6.16. The van der Waals surface area contributed by atoms with Gasteiger partial charge >= 0.3 is 77.6 Å². The second-order valence-corrected chi connectivity index (χ2v) is 34.7. The Bertz CT molecular complexity index is 4790. The predicted molar refractivity (Wildman–Crippen MR) is 492 cm³/mol. The van der Waals surface area contributed by atoms with Crippen LogP contribution in [0.15, 0.2) is 24.8 Å². The van der Waals surface area contributed by atoms with Crippen LogP contribution >= 0.6 is 0 Å². The highest BCUT2D eigenvalue weighted by Crippen LogP contribution is 2.34. The number of ether oxygens (including phenoxy) is 24. The average molecular weight is 2140 g/mol. The highest BCUT2D eigenvalue weighted by molar-refractivity contribution is 5.77. The van der Waals surface area contributed by atoms with Gasteiger partial charge in [0.15, 0.2) is 74.0 Å². The molecule has 4 amide bonds. The molecular weight excluding hydrogens is 2010 g/mol. The molecule has 4 aliphatic heterocycles. The zero-order valence-electron chi connectivity index (χ0n) is 86.2. The number of nitrogens with zero attached hydrogens (tertiary/aromatic N) is 14. The lowest BCUT2D eigenvalue weighted by Gasteiger charge is -2.44. The number of carboxylic acid groups (broad SMARTS) is 1. The van der Waals surface area contributed by atoms with E-state index in [1.54, 1.807) is 29.7 Å². The van der Waals surface area contributed by atoms with E-state index in [4.69, 9.17) is 114 Å². The van der Waals surface area contributed by atoms with Crippen LogP contribution in [0.25, 0.3) is 0 Å². The highest BCUT2D eigenvalue weighted by Gasteiger charge is 2.56. The summed E-state index contributed by atoms with van der Waals surface area (Å²) >= 11 is 0. The molecule has 8 rings (SSSR count). The molecule has 836 valence electrons. The lowest BCUT2D eigenvalue weighted by molar-refractivity contribution is -0.279. The Balaban J connectivity index is 0.979. The van der Waals surface area contributed by atoms with E-state index in [1.807, 2.05) is 4.90 Å². The molecule has 0 saturated carbocycles. The first-order valence-corrected chi connectivity index (χ1v) is 48.0. The van der Waals surface area contributed by atoms with Gasteiger partial charge in [0.05, 0.1) is 128 Å². The summed E-state index contributed by atoms with van der Waals surface area (Å²) in [6.07, 6.45) is -13.9. The molecule has 4 saturated heterocycles. The molecule has 8 heterocycles. The zero-order valence-corrected chi connectivity index (χ0v) is 86.2. The maximum atomic E-state index is 13.9. The van der Waals surface area contributed by atoms with Crippen LogP contribution in [0.2, 0.25) is 0 Å². The van der Waals surface area contributed by atoms with Crippen LogP contribution in [0.3, 0.4) is 0 Å². The summed E-state index contributed by atoms with van der Waals surface area (Å²) in [5, 5.41) is 56.9. The third-order valence-electron chi connectivity index (χ3n) is 22.0. The van der Waals surface area contributed by atoms with Crippen LogP contribution in [0.5, 0.6) is 0 Å². The number of hydrogen-bond donors (Lipinski definition) is 5. The molecule has 0 spiro atoms. The van der Waals surface area contributed by atoms with Gasteiger partial charge in [-0.1, -0.05) is 27.3 Å². The number of nitrogens with one attached hydrogen (secondary N) is 4. The van der Waals surface area contributed by atoms with Gasteiger partial charge in [0.2, 0.25) is 23.6 Å². The van der Waals surface area contributed by atoms with Gasteiger partial charge in [-0.2, -0.15) is 0 Å². The fraction of sp³-hybridized carbons (Fsp3) is 0.722. The minimum absolute atomic E-state index is 0.00572. The van der Waals surface area contributed by atoms with E-state index in [2.05, 4.69) is 62.5 Å². The lowest BCUT2D eigenvalue weighted by Crippen LogP contribution is -2.66. The first kappa shape index (κ1) is 122. The molecule has 4 aromatic heterocycles. The van der Waals surface area contributed by atoms with Crippen LogP contribution in [0.4, 0.5) is 0 Å². The molecule has 4 aromatic rings. The number of aromatic nitrogens is 12. The second kappa shape index (κ2) is 62.6. The molecule has 5 N–H and O–H groups in total. The Hall–Kier alpha value is -13.0. The number of aliphatic carboxylic acids is 1. The maximum absolute atomic E-state index is 13.9. The molecule has 60 nitrogen and oxygen atoms in total. The molecule has 4 aliphatic rings. The Morgan fingerprint density at radius 3 is 0.747 bits per heavy atom. The molecule has 4 fully saturated rings. The van der Waals surface area contributed by atoms with Crippen molar-refractivity contribution in [1.29, 1.82) is 0 Å². The Kier molecular flexibility index (Phi) is 51.0. The predicted octanol–water partition coefficient (Wildman–Crippen LogP) is -3.86. The molecule has 0 aromatic carbocycles. The van der Waals surface area contributed by atoms with Crippen molar-refractivity contribution in [1.82, 2.24) is 91.0 Å². The van der Waals surface area contributed by atoms with Crippen molar-refractivity contribution >= 4 is 101 Å². The van der Waals surface area contributed by atoms with Gasteiger partial charge in [0.1, 0.15) is 81.1 Å². The number of rotatable bonds is 63. The van der Waals surface area contributed by atoms with Crippen molar-refractivity contribution in [3.05, 3.63) is 47.6 Å². The number of esters is 12. The normalized spacial score (nSPS) is 23.7. The summed E-state index contributed by atoms with van der Waals surface area (Å²) in [6.45, 7) is 16.4. The van der Waals surface area contributed by atoms with Gasteiger partial charge in [-0.3, -0.25) is 91.3 Å². The summed E-state index contributed by atoms with van der Waals surface area (Å²) in [7, 11) is 0. The average Bonchev–Trinajstić information content (AvgIpc) is 0.909. The van der Waals surface area contributed by atoms with E-state index >= 15 is 0 Å². The van der Waals surface area contributed by atoms with E-state index < -0.39 is 256 Å². The molecule has 1 unspecified atom stereocenters. The van der Waals surface area contributed by atoms with Crippen LogP contribution in [-0.4, -0.2) is 417 Å². The summed E-state index contributed by atoms with van der Waals surface area (Å²) < 4.78 is 143. The molecule has 0 radical (unpaired) electrons. The smallest absolute Gasteiger partial charge is 0.320 e. The molecule has 21 atom stereocenters. The van der Waals surface area contributed by atoms with E-state index in [-0.39, 0.29) is 144 Å². The number of carbonyl (C=O) groups excluding carboxylic acids is 16. The van der Waals surface area contributed by atoms with Crippen molar-refractivity contribution in [2.24, 2.45) is 0 Å². The van der Waals surface area contributed by atoms with Gasteiger partial charge in [-0.05, 0) is 19.4 Å². The topological polar surface area (TPSA) is 709 Å². The van der Waals surface area contributed by atoms with E-state index in [0.717, 1.165) is 83.1 Å². The number of amides is 4. The third kappa shape index (κ3) is 42.8. The summed E-state index contributed by atoms with van der Waals surface area (Å²) in [4.78, 5) is 215. The monoisotopic (exact) mass is 2140 g/mol. The van der Waals surface area contributed by atoms with Crippen LogP contribution < -0.4 is 21.3 Å². The lowest BCUT2D eigenvalue weighted by atomic mass is 9.96. The van der Waals surface area contributed by atoms with Crippen LogP contribution in [-0.2, 0) is 248 Å². The van der Waals surface area contributed by atoms with Gasteiger partial charge < -0.3 is 140 Å². The van der Waals surface area contributed by atoms with Crippen LogP contribution in [0.1, 0.15) is 153 Å². The van der Waals surface area contributed by atoms with Gasteiger partial charge in [-0.15, -0.1) is 20.4 Å². The Morgan fingerprint density at radius 1 is 0.307 bits per heavy atom. The quantitative estimate of drug-likeness (QED) is 0.0160. The van der Waals surface area contributed by atoms with Crippen molar-refractivity contribution in [2.45, 2.75) is 311 Å². The number of hydrogen-bond acceptors (Lipinski definition) is 51. The largest absolute Gasteiger partial charge is 0.480 e. The first-order valence-electron chi connectivity index (χ1n) is 48.0. The fourth-order valence-corrected chi connectivity index (χ4v) is 16.2. The Labute approximate surface area is 860 Å². The minimum Gasteiger partial charge on any atom is -0.480 e. The number of carboxylic acids is 1. The van der Waals surface area contributed by atoms with Crippen LogP contribution in [0, 0.1) is 0 Å². The van der Waals surface area contributed by atoms with Crippen molar-refractivity contribution in [2.75, 3.05) is 112 Å². The van der Waals surface area contributed by atoms with Gasteiger partial charge in [-0.25, -0.2) is 18.7 Å². The molecular formula is C90H134N18O42. The third-order valence-corrected chi connectivity index (χ3v) is 22.0. The summed E-state index contributed by atoms with van der Waals surface area (Å²) in [5.74, 6) is -12.7. The molecule has 150 heavy (non-hydrogen) atoms. The maximum Gasteiger partial charge on any atom is 0.320 e. The van der Waals surface area contributed by atoms with Crippen molar-refractivity contribution in [3.63, 3.8) is 0 Å². The minimum atomic E-state index is -1.37. The van der Waals surface area contributed by atoms with E-state index in [0.29, 0.717) is 35.7 Å². The Morgan fingerprint density at radius 2 is 0.533 bits per heavy atom. The van der Waals surface area contributed by atoms with Gasteiger partial charge in [0, 0.05) is 162 Å². The number of carbonyl (C=O) groups is 17. The molecule has 60 heteroatoms. The second-order valence-electron chi connectivity index (χ2n) is 34.7. The fourth-order valence-electron chi connectivity index (χ4n) is 16.2. The highest BCUT2D eigenvalue weighted by atomic mass is 16.8. The van der Waals surface area contributed by atoms with E-state index in [9.17, 15) is 86.6 Å². The van der Waals surface area contributed by atoms with Crippen molar-refractivity contribution in [3.8, 4) is 0 Å². The van der Waals surface area contributed by atoms with E-state index in [1.165, 1.54) is 46.4 Å². The molecule has 0 aliphatic carbocycles. The standard InChI is InChI=1S/C90H134N18O42/c1-49(109)91-74-82(143-61(13)121)78(139-57(9)117)70(45-135-53(5)113)147-87(74)131-33-29-127-25-21-105-41-65(95-99-105)37-103(38-66-42-106(100-96-66)22-26-128-30-34-132-88-75(92-50(2)110)83(144-62(14)122)79(140-58(10)118)71(148-88)46-136-54(6)114)20-18-17-19-69(86(125)126)104(39-67-43-107(101-97-67)23-27-129-31-35-133-89-76(93-51(3)111)84(145-63(15)123)80(141-59(11)119)72(149-89)47-137-55(7)115)40-68-44-108(102-98-68)24-28-130-32-36-134-90-77(94-52(4)112)85(146-64(16)124)81(142-60(12)120)73(150-90)48-138-56(8)116/h41-44,69-85,87-90H,17-40,45-48H2,1-16H3,(H,91,109)(H,92,110)(H,93,111)(H,94,112)(H,125,126)/t69-,70+,71+,72+,73+,74+,75+,76+,77+,78-,79-,80-,81-,82+,83+,84+,85+,87+,88+,89+,90?/m0/s1. The van der Waals surface area contributed by atoms with Gasteiger partial charge in [0.25, 0.3) is 0 Å². The van der Waals surface area contributed by atoms with Crippen molar-refractivity contribution < 1.29 is 200 Å². The molecule has 0 bridgehead atoms.